The van der Waals surface area contributed by atoms with Crippen LogP contribution in [0.3, 0.4) is 0 Å². The van der Waals surface area contributed by atoms with Gasteiger partial charge in [0.25, 0.3) is 0 Å². The molecule has 2 rings (SSSR count). The smallest absolute Gasteiger partial charge is 0.242 e. The average Bonchev–Trinajstić information content (AvgIpc) is 2.71. The number of amides is 1. The van der Waals surface area contributed by atoms with E-state index in [-0.39, 0.29) is 31.0 Å². The fraction of sp³-hybridized carbons (Fsp3) is 0.714. The monoisotopic (exact) mass is 332 g/mol. The number of aromatic nitrogens is 2. The Morgan fingerprint density at radius 1 is 1.55 bits per heavy atom. The zero-order valence-electron chi connectivity index (χ0n) is 13.5. The minimum Gasteiger partial charge on any atom is -0.383 e. The maximum absolute atomic E-state index is 12.5. The van der Waals surface area contributed by atoms with Gasteiger partial charge in [0.1, 0.15) is 6.04 Å². The third-order valence-electron chi connectivity index (χ3n) is 3.97. The van der Waals surface area contributed by atoms with Crippen molar-refractivity contribution >= 4 is 18.3 Å². The predicted molar refractivity (Wildman–Crippen MR) is 85.1 cm³/mol. The number of morpholine rings is 1. The Balaban J connectivity index is 0.00000242. The topological polar surface area (TPSA) is 82.6 Å². The van der Waals surface area contributed by atoms with Crippen molar-refractivity contribution in [2.75, 3.05) is 33.5 Å². The summed E-state index contributed by atoms with van der Waals surface area (Å²) in [5.41, 5.74) is 8.92. The highest BCUT2D eigenvalue weighted by Gasteiger charge is 2.34. The zero-order chi connectivity index (χ0) is 15.6. The highest BCUT2D eigenvalue weighted by molar-refractivity contribution is 5.85. The Morgan fingerprint density at radius 3 is 2.77 bits per heavy atom. The summed E-state index contributed by atoms with van der Waals surface area (Å²) >= 11 is 0. The Kier molecular flexibility index (Phi) is 6.80. The van der Waals surface area contributed by atoms with Gasteiger partial charge in [-0.05, 0) is 13.8 Å². The molecule has 2 atom stereocenters. The highest BCUT2D eigenvalue weighted by Crippen LogP contribution is 2.29. The Bertz CT molecular complexity index is 520. The van der Waals surface area contributed by atoms with Crippen molar-refractivity contribution in [3.05, 3.63) is 17.0 Å². The van der Waals surface area contributed by atoms with Gasteiger partial charge in [-0.25, -0.2) is 0 Å². The van der Waals surface area contributed by atoms with Gasteiger partial charge in [-0.2, -0.15) is 5.10 Å². The quantitative estimate of drug-likeness (QED) is 0.859. The second-order valence-corrected chi connectivity index (χ2v) is 5.39. The predicted octanol–water partition coefficient (Wildman–Crippen LogP) is 0.332. The summed E-state index contributed by atoms with van der Waals surface area (Å²) in [5.74, 6) is -0.104. The minimum atomic E-state index is -0.645. The molecule has 7 nitrogen and oxygen atoms in total. The van der Waals surface area contributed by atoms with Crippen LogP contribution in [0, 0.1) is 13.8 Å². The molecule has 1 aliphatic heterocycles. The number of nitrogens with two attached hydrogens (primary N) is 1. The number of carbonyl (C=O) groups is 1. The van der Waals surface area contributed by atoms with Crippen LogP contribution in [-0.2, 0) is 21.3 Å². The van der Waals surface area contributed by atoms with Crippen LogP contribution < -0.4 is 5.73 Å². The lowest BCUT2D eigenvalue weighted by molar-refractivity contribution is -0.142. The van der Waals surface area contributed by atoms with E-state index in [2.05, 4.69) is 5.10 Å². The Hall–Kier alpha value is -1.15. The zero-order valence-corrected chi connectivity index (χ0v) is 14.4. The molecule has 0 aliphatic carbocycles. The van der Waals surface area contributed by atoms with Crippen molar-refractivity contribution in [2.24, 2.45) is 12.8 Å². The van der Waals surface area contributed by atoms with Gasteiger partial charge >= 0.3 is 0 Å². The molecule has 1 aromatic heterocycles. The first kappa shape index (κ1) is 18.9. The number of hydrogen-bond acceptors (Lipinski definition) is 5. The van der Waals surface area contributed by atoms with Gasteiger partial charge in [0, 0.05) is 32.0 Å². The number of aryl methyl sites for hydroxylation is 2. The van der Waals surface area contributed by atoms with Crippen LogP contribution in [0.4, 0.5) is 0 Å². The third kappa shape index (κ3) is 3.60. The van der Waals surface area contributed by atoms with Crippen LogP contribution in [0.25, 0.3) is 0 Å². The molecular formula is C14H25ClN4O3. The first-order valence-corrected chi connectivity index (χ1v) is 7.10. The number of hydrogen-bond donors (Lipinski definition) is 1. The Morgan fingerprint density at radius 2 is 2.23 bits per heavy atom. The van der Waals surface area contributed by atoms with E-state index in [1.54, 1.807) is 12.0 Å². The molecule has 1 fully saturated rings. The maximum atomic E-state index is 12.5. The minimum absolute atomic E-state index is 0. The molecule has 1 saturated heterocycles. The summed E-state index contributed by atoms with van der Waals surface area (Å²) in [7, 11) is 3.44. The SMILES string of the molecule is COCC(N)C(=O)N1CCOCC1c1c(C)nn(C)c1C.Cl. The van der Waals surface area contributed by atoms with E-state index in [4.69, 9.17) is 15.2 Å². The molecule has 2 N–H and O–H groups in total. The molecule has 0 saturated carbocycles. The van der Waals surface area contributed by atoms with Crippen LogP contribution in [-0.4, -0.2) is 60.1 Å². The van der Waals surface area contributed by atoms with Gasteiger partial charge in [0.2, 0.25) is 5.91 Å². The van der Waals surface area contributed by atoms with Gasteiger partial charge in [0.15, 0.2) is 0 Å². The number of carbonyl (C=O) groups excluding carboxylic acids is 1. The summed E-state index contributed by atoms with van der Waals surface area (Å²) in [6, 6.07) is -0.782. The lowest BCUT2D eigenvalue weighted by Gasteiger charge is -2.37. The van der Waals surface area contributed by atoms with Crippen LogP contribution >= 0.6 is 12.4 Å². The van der Waals surface area contributed by atoms with Crippen molar-refractivity contribution in [3.8, 4) is 0 Å². The fourth-order valence-electron chi connectivity index (χ4n) is 2.84. The summed E-state index contributed by atoms with van der Waals surface area (Å²) in [5, 5.41) is 4.43. The van der Waals surface area contributed by atoms with Crippen LogP contribution in [0.1, 0.15) is 23.0 Å². The second-order valence-electron chi connectivity index (χ2n) is 5.39. The number of nitrogens with zero attached hydrogens (tertiary/aromatic N) is 3. The lowest BCUT2D eigenvalue weighted by atomic mass is 10.0. The normalized spacial score (nSPS) is 19.7. The fourth-order valence-corrected chi connectivity index (χ4v) is 2.84. The van der Waals surface area contributed by atoms with Gasteiger partial charge in [-0.1, -0.05) is 0 Å². The molecular weight excluding hydrogens is 308 g/mol. The van der Waals surface area contributed by atoms with E-state index in [0.29, 0.717) is 19.8 Å². The highest BCUT2D eigenvalue weighted by atomic mass is 35.5. The molecule has 126 valence electrons. The first-order valence-electron chi connectivity index (χ1n) is 7.10. The molecule has 2 heterocycles. The molecule has 0 aromatic carbocycles. The molecule has 1 amide bonds. The van der Waals surface area contributed by atoms with Crippen molar-refractivity contribution in [1.82, 2.24) is 14.7 Å². The van der Waals surface area contributed by atoms with E-state index in [0.717, 1.165) is 17.0 Å². The summed E-state index contributed by atoms with van der Waals surface area (Å²) in [4.78, 5) is 14.3. The molecule has 0 spiro atoms. The largest absolute Gasteiger partial charge is 0.383 e. The van der Waals surface area contributed by atoms with E-state index in [9.17, 15) is 4.79 Å². The molecule has 1 aromatic rings. The molecule has 0 bridgehead atoms. The number of rotatable bonds is 4. The summed E-state index contributed by atoms with van der Waals surface area (Å²) in [6.45, 7) is 5.71. The van der Waals surface area contributed by atoms with Crippen molar-refractivity contribution in [2.45, 2.75) is 25.9 Å². The molecule has 1 aliphatic rings. The van der Waals surface area contributed by atoms with E-state index in [1.807, 2.05) is 25.6 Å². The number of ether oxygens (including phenoxy) is 2. The molecule has 22 heavy (non-hydrogen) atoms. The van der Waals surface area contributed by atoms with Gasteiger partial charge < -0.3 is 20.1 Å². The van der Waals surface area contributed by atoms with E-state index >= 15 is 0 Å². The third-order valence-corrected chi connectivity index (χ3v) is 3.97. The van der Waals surface area contributed by atoms with Gasteiger partial charge in [-0.15, -0.1) is 12.4 Å². The standard InChI is InChI=1S/C14H24N4O3.ClH/c1-9-13(10(2)17(3)16-9)12-8-21-6-5-18(12)14(19)11(15)7-20-4;/h11-12H,5-8,15H2,1-4H3;1H. The average molecular weight is 333 g/mol. The summed E-state index contributed by atoms with van der Waals surface area (Å²) in [6.07, 6.45) is 0. The Labute approximate surface area is 137 Å². The first-order chi connectivity index (χ1) is 9.97. The lowest BCUT2D eigenvalue weighted by Crippen LogP contribution is -2.51. The molecule has 2 unspecified atom stereocenters. The molecule has 0 radical (unpaired) electrons. The summed E-state index contributed by atoms with van der Waals surface area (Å²) < 4.78 is 12.4. The molecule has 8 heteroatoms. The van der Waals surface area contributed by atoms with Crippen molar-refractivity contribution < 1.29 is 14.3 Å². The van der Waals surface area contributed by atoms with Crippen LogP contribution in [0.5, 0.6) is 0 Å². The number of methoxy groups -OCH3 is 1. The van der Waals surface area contributed by atoms with Crippen LogP contribution in [0.2, 0.25) is 0 Å². The van der Waals surface area contributed by atoms with Gasteiger partial charge in [-0.3, -0.25) is 9.48 Å². The number of halogens is 1. The van der Waals surface area contributed by atoms with Gasteiger partial charge in [0.05, 0.1) is 31.6 Å². The van der Waals surface area contributed by atoms with E-state index < -0.39 is 6.04 Å². The van der Waals surface area contributed by atoms with Crippen LogP contribution in [0.15, 0.2) is 0 Å². The van der Waals surface area contributed by atoms with E-state index in [1.165, 1.54) is 0 Å². The second kappa shape index (κ2) is 7.92. The van der Waals surface area contributed by atoms with Crippen molar-refractivity contribution in [3.63, 3.8) is 0 Å². The maximum Gasteiger partial charge on any atom is 0.242 e. The van der Waals surface area contributed by atoms with Crippen molar-refractivity contribution in [1.29, 1.82) is 0 Å².